The van der Waals surface area contributed by atoms with Crippen molar-refractivity contribution in [1.29, 1.82) is 0 Å². The van der Waals surface area contributed by atoms with Gasteiger partial charge in [0.25, 0.3) is 0 Å². The first-order valence-corrected chi connectivity index (χ1v) is 7.25. The summed E-state index contributed by atoms with van der Waals surface area (Å²) in [5, 5.41) is 6.24. The predicted octanol–water partition coefficient (Wildman–Crippen LogP) is 2.27. The fourth-order valence-electron chi connectivity index (χ4n) is 2.01. The number of ether oxygens (including phenoxy) is 1. The number of carbonyl (C=O) groups is 1. The van der Waals surface area contributed by atoms with Crippen LogP contribution in [0.2, 0.25) is 0 Å². The summed E-state index contributed by atoms with van der Waals surface area (Å²) in [5.41, 5.74) is 2.02. The fourth-order valence-corrected chi connectivity index (χ4v) is 2.01. The number of benzene rings is 1. The molecule has 1 aromatic carbocycles. The third-order valence-electron chi connectivity index (χ3n) is 3.39. The first-order chi connectivity index (χ1) is 10.5. The van der Waals surface area contributed by atoms with Gasteiger partial charge in [0, 0.05) is 20.1 Å². The highest BCUT2D eigenvalue weighted by atomic mass is 127. The maximum Gasteiger partial charge on any atom is 0.310 e. The molecule has 0 aliphatic heterocycles. The molecule has 1 rings (SSSR count). The van der Waals surface area contributed by atoms with E-state index in [0.29, 0.717) is 19.0 Å². The molecule has 130 valence electrons. The largest absolute Gasteiger partial charge is 0.469 e. The van der Waals surface area contributed by atoms with Crippen molar-refractivity contribution < 1.29 is 13.9 Å². The molecule has 0 bridgehead atoms. The minimum Gasteiger partial charge on any atom is -0.469 e. The number of rotatable bonds is 6. The highest BCUT2D eigenvalue weighted by Crippen LogP contribution is 2.10. The van der Waals surface area contributed by atoms with Crippen LogP contribution in [0.5, 0.6) is 0 Å². The molecular formula is C16H25FIN3O2. The van der Waals surface area contributed by atoms with Crippen LogP contribution in [0.4, 0.5) is 4.39 Å². The van der Waals surface area contributed by atoms with Gasteiger partial charge in [-0.1, -0.05) is 13.0 Å². The SMILES string of the molecule is CN=C(NCCc1ccc(F)cc1C)NCC(C)C(=O)OC.I. The molecular weight excluding hydrogens is 412 g/mol. The Labute approximate surface area is 154 Å². The molecule has 0 aliphatic carbocycles. The van der Waals surface area contributed by atoms with E-state index in [1.165, 1.54) is 19.2 Å². The first-order valence-electron chi connectivity index (χ1n) is 7.25. The highest BCUT2D eigenvalue weighted by molar-refractivity contribution is 14.0. The Hall–Kier alpha value is -1.38. The minimum atomic E-state index is -0.259. The van der Waals surface area contributed by atoms with E-state index >= 15 is 0 Å². The van der Waals surface area contributed by atoms with Crippen LogP contribution in [-0.4, -0.2) is 39.2 Å². The van der Waals surface area contributed by atoms with E-state index in [4.69, 9.17) is 0 Å². The Morgan fingerprint density at radius 1 is 1.39 bits per heavy atom. The molecule has 7 heteroatoms. The number of esters is 1. The summed E-state index contributed by atoms with van der Waals surface area (Å²) >= 11 is 0. The second-order valence-corrected chi connectivity index (χ2v) is 5.12. The van der Waals surface area contributed by atoms with Crippen molar-refractivity contribution in [1.82, 2.24) is 10.6 Å². The molecule has 1 aromatic rings. The van der Waals surface area contributed by atoms with Crippen LogP contribution in [0.15, 0.2) is 23.2 Å². The fraction of sp³-hybridized carbons (Fsp3) is 0.500. The first kappa shape index (κ1) is 21.6. The molecule has 1 unspecified atom stereocenters. The van der Waals surface area contributed by atoms with Crippen molar-refractivity contribution in [2.45, 2.75) is 20.3 Å². The van der Waals surface area contributed by atoms with Gasteiger partial charge in [0.2, 0.25) is 0 Å². The average molecular weight is 437 g/mol. The number of methoxy groups -OCH3 is 1. The number of hydrogen-bond acceptors (Lipinski definition) is 3. The maximum atomic E-state index is 13.0. The molecule has 0 heterocycles. The van der Waals surface area contributed by atoms with E-state index in [1.54, 1.807) is 20.0 Å². The summed E-state index contributed by atoms with van der Waals surface area (Å²) in [6.45, 7) is 4.79. The van der Waals surface area contributed by atoms with Gasteiger partial charge in [-0.05, 0) is 36.6 Å². The molecule has 0 saturated heterocycles. The number of nitrogens with zero attached hydrogens (tertiary/aromatic N) is 1. The molecule has 0 spiro atoms. The molecule has 0 aliphatic rings. The van der Waals surface area contributed by atoms with Crippen LogP contribution in [0.1, 0.15) is 18.1 Å². The van der Waals surface area contributed by atoms with Gasteiger partial charge in [-0.25, -0.2) is 4.39 Å². The standard InChI is InChI=1S/C16H24FN3O2.HI/c1-11-9-14(17)6-5-13(11)7-8-19-16(18-3)20-10-12(2)15(21)22-4;/h5-6,9,12H,7-8,10H2,1-4H3,(H2,18,19,20);1H. The van der Waals surface area contributed by atoms with E-state index in [0.717, 1.165) is 17.5 Å². The van der Waals surface area contributed by atoms with Gasteiger partial charge in [-0.2, -0.15) is 0 Å². The Kier molecular flexibility index (Phi) is 10.5. The van der Waals surface area contributed by atoms with Crippen LogP contribution >= 0.6 is 24.0 Å². The van der Waals surface area contributed by atoms with Gasteiger partial charge in [0.1, 0.15) is 5.82 Å². The number of aryl methyl sites for hydroxylation is 1. The van der Waals surface area contributed by atoms with Crippen LogP contribution in [0, 0.1) is 18.7 Å². The zero-order valence-electron chi connectivity index (χ0n) is 14.0. The number of nitrogens with one attached hydrogen (secondary N) is 2. The van der Waals surface area contributed by atoms with Crippen molar-refractivity contribution in [3.63, 3.8) is 0 Å². The van der Waals surface area contributed by atoms with Crippen molar-refractivity contribution >= 4 is 35.9 Å². The zero-order valence-corrected chi connectivity index (χ0v) is 16.3. The summed E-state index contributed by atoms with van der Waals surface area (Å²) in [4.78, 5) is 15.4. The monoisotopic (exact) mass is 437 g/mol. The van der Waals surface area contributed by atoms with Gasteiger partial charge in [0.05, 0.1) is 13.0 Å². The van der Waals surface area contributed by atoms with Crippen LogP contribution < -0.4 is 10.6 Å². The second kappa shape index (κ2) is 11.2. The van der Waals surface area contributed by atoms with Crippen molar-refractivity contribution in [3.05, 3.63) is 35.1 Å². The Morgan fingerprint density at radius 3 is 2.65 bits per heavy atom. The molecule has 2 N–H and O–H groups in total. The van der Waals surface area contributed by atoms with Crippen molar-refractivity contribution in [2.24, 2.45) is 10.9 Å². The highest BCUT2D eigenvalue weighted by Gasteiger charge is 2.13. The molecule has 5 nitrogen and oxygen atoms in total. The Balaban J connectivity index is 0.00000484. The van der Waals surface area contributed by atoms with Gasteiger partial charge < -0.3 is 15.4 Å². The smallest absolute Gasteiger partial charge is 0.310 e. The molecule has 23 heavy (non-hydrogen) atoms. The van der Waals surface area contributed by atoms with E-state index in [9.17, 15) is 9.18 Å². The molecule has 1 atom stereocenters. The molecule has 0 amide bonds. The lowest BCUT2D eigenvalue weighted by Gasteiger charge is -2.15. The second-order valence-electron chi connectivity index (χ2n) is 5.12. The van der Waals surface area contributed by atoms with Crippen LogP contribution in [0.25, 0.3) is 0 Å². The third-order valence-corrected chi connectivity index (χ3v) is 3.39. The number of aliphatic imine (C=N–C) groups is 1. The topological polar surface area (TPSA) is 62.7 Å². The van der Waals surface area contributed by atoms with Gasteiger partial charge >= 0.3 is 5.97 Å². The Morgan fingerprint density at radius 2 is 2.09 bits per heavy atom. The van der Waals surface area contributed by atoms with Crippen molar-refractivity contribution in [2.75, 3.05) is 27.2 Å². The normalized spacial score (nSPS) is 12.1. The molecule has 0 fully saturated rings. The maximum absolute atomic E-state index is 13.0. The van der Waals surface area contributed by atoms with Crippen LogP contribution in [-0.2, 0) is 16.0 Å². The van der Waals surface area contributed by atoms with Gasteiger partial charge in [0.15, 0.2) is 5.96 Å². The van der Waals surface area contributed by atoms with Crippen LogP contribution in [0.3, 0.4) is 0 Å². The third kappa shape index (κ3) is 7.62. The van der Waals surface area contributed by atoms with E-state index < -0.39 is 0 Å². The molecule has 0 radical (unpaired) electrons. The average Bonchev–Trinajstić information content (AvgIpc) is 2.51. The summed E-state index contributed by atoms with van der Waals surface area (Å²) in [5.74, 6) is -0.105. The summed E-state index contributed by atoms with van der Waals surface area (Å²) in [6.07, 6.45) is 0.763. The summed E-state index contributed by atoms with van der Waals surface area (Å²) in [7, 11) is 3.04. The molecule has 0 aromatic heterocycles. The van der Waals surface area contributed by atoms with Crippen molar-refractivity contribution in [3.8, 4) is 0 Å². The lowest BCUT2D eigenvalue weighted by atomic mass is 10.1. The van der Waals surface area contributed by atoms with E-state index in [1.807, 2.05) is 6.92 Å². The Bertz CT molecular complexity index is 538. The molecule has 0 saturated carbocycles. The number of hydrogen-bond donors (Lipinski definition) is 2. The van der Waals surface area contributed by atoms with E-state index in [-0.39, 0.29) is 41.7 Å². The zero-order chi connectivity index (χ0) is 16.5. The summed E-state index contributed by atoms with van der Waals surface area (Å²) < 4.78 is 17.7. The lowest BCUT2D eigenvalue weighted by Crippen LogP contribution is -2.41. The van der Waals surface area contributed by atoms with Gasteiger partial charge in [-0.3, -0.25) is 9.79 Å². The summed E-state index contributed by atoms with van der Waals surface area (Å²) in [6, 6.07) is 4.79. The number of halogens is 2. The van der Waals surface area contributed by atoms with Gasteiger partial charge in [-0.15, -0.1) is 24.0 Å². The lowest BCUT2D eigenvalue weighted by molar-refractivity contribution is -0.144. The quantitative estimate of drug-likeness (QED) is 0.310. The minimum absolute atomic E-state index is 0. The predicted molar refractivity (Wildman–Crippen MR) is 101 cm³/mol. The number of carbonyl (C=O) groups excluding carboxylic acids is 1. The van der Waals surface area contributed by atoms with E-state index in [2.05, 4.69) is 20.4 Å². The number of guanidine groups is 1.